The molecule has 1 heterocycles. The van der Waals surface area contributed by atoms with E-state index in [4.69, 9.17) is 4.42 Å². The highest BCUT2D eigenvalue weighted by molar-refractivity contribution is 9.10. The number of carbonyl (C=O) groups is 1. The minimum atomic E-state index is -0.198. The van der Waals surface area contributed by atoms with Crippen LogP contribution in [-0.4, -0.2) is 11.4 Å². The van der Waals surface area contributed by atoms with Gasteiger partial charge in [0.25, 0.3) is 5.91 Å². The van der Waals surface area contributed by atoms with Crippen molar-refractivity contribution in [3.05, 3.63) is 22.6 Å². The number of furan rings is 1. The van der Waals surface area contributed by atoms with Crippen LogP contribution in [0.4, 0.5) is 0 Å². The van der Waals surface area contributed by atoms with Crippen molar-refractivity contribution in [1.82, 2.24) is 5.32 Å². The summed E-state index contributed by atoms with van der Waals surface area (Å²) in [6, 6.07) is 3.35. The molecular weight excluding hydrogens is 246 g/mol. The average Bonchev–Trinajstić information content (AvgIpc) is 2.51. The van der Waals surface area contributed by atoms with E-state index in [0.717, 1.165) is 6.42 Å². The van der Waals surface area contributed by atoms with Crippen LogP contribution in [0.1, 0.15) is 37.7 Å². The third-order valence-electron chi connectivity index (χ3n) is 2.13. The van der Waals surface area contributed by atoms with Crippen molar-refractivity contribution in [3.8, 4) is 0 Å². The fourth-order valence-corrected chi connectivity index (χ4v) is 1.20. The molecule has 1 N–H and O–H groups in total. The zero-order chi connectivity index (χ0) is 10.8. The lowest BCUT2D eigenvalue weighted by Gasteiger charge is -2.23. The van der Waals surface area contributed by atoms with Crippen molar-refractivity contribution in [1.29, 1.82) is 0 Å². The normalized spacial score (nSPS) is 11.4. The van der Waals surface area contributed by atoms with E-state index in [2.05, 4.69) is 21.2 Å². The standard InChI is InChI=1S/C10H14BrNO2/c1-4-10(2,3)12-9(13)7-5-6-8(11)14-7/h5-6H,4H2,1-3H3,(H,12,13). The summed E-state index contributed by atoms with van der Waals surface area (Å²) in [5.41, 5.74) is -0.198. The average molecular weight is 260 g/mol. The van der Waals surface area contributed by atoms with Crippen molar-refractivity contribution in [3.63, 3.8) is 0 Å². The maximum Gasteiger partial charge on any atom is 0.287 e. The smallest absolute Gasteiger partial charge is 0.287 e. The lowest BCUT2D eigenvalue weighted by molar-refractivity contribution is 0.0881. The molecule has 1 aromatic heterocycles. The molecule has 3 nitrogen and oxygen atoms in total. The molecule has 14 heavy (non-hydrogen) atoms. The minimum absolute atomic E-state index is 0.178. The third-order valence-corrected chi connectivity index (χ3v) is 2.56. The van der Waals surface area contributed by atoms with E-state index < -0.39 is 0 Å². The first kappa shape index (κ1) is 11.3. The molecule has 0 atom stereocenters. The van der Waals surface area contributed by atoms with Crippen molar-refractivity contribution in [2.24, 2.45) is 0 Å². The molecule has 0 aliphatic heterocycles. The molecule has 0 saturated heterocycles. The molecule has 78 valence electrons. The molecule has 0 aliphatic carbocycles. The van der Waals surface area contributed by atoms with Crippen molar-refractivity contribution < 1.29 is 9.21 Å². The summed E-state index contributed by atoms with van der Waals surface area (Å²) in [5, 5.41) is 2.88. The van der Waals surface area contributed by atoms with Crippen molar-refractivity contribution >= 4 is 21.8 Å². The number of nitrogens with one attached hydrogen (secondary N) is 1. The van der Waals surface area contributed by atoms with Gasteiger partial charge in [-0.25, -0.2) is 0 Å². The van der Waals surface area contributed by atoms with Gasteiger partial charge in [0.2, 0.25) is 0 Å². The maximum absolute atomic E-state index is 11.6. The molecule has 1 aromatic rings. The largest absolute Gasteiger partial charge is 0.444 e. The zero-order valence-electron chi connectivity index (χ0n) is 8.56. The Morgan fingerprint density at radius 3 is 2.64 bits per heavy atom. The van der Waals surface area contributed by atoms with E-state index in [1.165, 1.54) is 0 Å². The Balaban J connectivity index is 2.68. The Morgan fingerprint density at radius 1 is 1.57 bits per heavy atom. The van der Waals surface area contributed by atoms with E-state index in [0.29, 0.717) is 10.4 Å². The first-order valence-electron chi connectivity index (χ1n) is 4.52. The fraction of sp³-hybridized carbons (Fsp3) is 0.500. The predicted octanol–water partition coefficient (Wildman–Crippen LogP) is 2.96. The van der Waals surface area contributed by atoms with Crippen LogP contribution in [0, 0.1) is 0 Å². The summed E-state index contributed by atoms with van der Waals surface area (Å²) in [4.78, 5) is 11.6. The Hall–Kier alpha value is -0.770. The molecule has 0 spiro atoms. The lowest BCUT2D eigenvalue weighted by Crippen LogP contribution is -2.42. The van der Waals surface area contributed by atoms with Crippen LogP contribution in [0.3, 0.4) is 0 Å². The maximum atomic E-state index is 11.6. The van der Waals surface area contributed by atoms with Gasteiger partial charge in [-0.1, -0.05) is 6.92 Å². The highest BCUT2D eigenvalue weighted by Gasteiger charge is 2.20. The van der Waals surface area contributed by atoms with Gasteiger partial charge < -0.3 is 9.73 Å². The second-order valence-corrected chi connectivity index (χ2v) is 4.58. The van der Waals surface area contributed by atoms with Gasteiger partial charge in [-0.3, -0.25) is 4.79 Å². The van der Waals surface area contributed by atoms with Crippen LogP contribution in [0.25, 0.3) is 0 Å². The summed E-state index contributed by atoms with van der Waals surface area (Å²) < 4.78 is 5.71. The SMILES string of the molecule is CCC(C)(C)NC(=O)c1ccc(Br)o1. The van der Waals surface area contributed by atoms with Gasteiger partial charge in [0.1, 0.15) is 0 Å². The molecule has 0 radical (unpaired) electrons. The molecule has 0 bridgehead atoms. The van der Waals surface area contributed by atoms with Gasteiger partial charge in [-0.05, 0) is 48.3 Å². The third kappa shape index (κ3) is 2.87. The Kier molecular flexibility index (Phi) is 3.37. The van der Waals surface area contributed by atoms with Crippen molar-refractivity contribution in [2.75, 3.05) is 0 Å². The molecule has 4 heteroatoms. The molecule has 1 rings (SSSR count). The van der Waals surface area contributed by atoms with Crippen LogP contribution < -0.4 is 5.32 Å². The van der Waals surface area contributed by atoms with E-state index in [1.54, 1.807) is 12.1 Å². The van der Waals surface area contributed by atoms with E-state index in [1.807, 2.05) is 20.8 Å². The lowest BCUT2D eigenvalue weighted by atomic mass is 10.0. The van der Waals surface area contributed by atoms with Gasteiger partial charge in [-0.2, -0.15) is 0 Å². The fourth-order valence-electron chi connectivity index (χ4n) is 0.894. The van der Waals surface area contributed by atoms with Crippen molar-refractivity contribution in [2.45, 2.75) is 32.7 Å². The quantitative estimate of drug-likeness (QED) is 0.907. The number of hydrogen-bond donors (Lipinski definition) is 1. The summed E-state index contributed by atoms with van der Waals surface area (Å²) in [7, 11) is 0. The summed E-state index contributed by atoms with van der Waals surface area (Å²) in [5.74, 6) is 0.154. The highest BCUT2D eigenvalue weighted by Crippen LogP contribution is 2.15. The number of carbonyl (C=O) groups excluding carboxylic acids is 1. The monoisotopic (exact) mass is 259 g/mol. The Morgan fingerprint density at radius 2 is 2.21 bits per heavy atom. The zero-order valence-corrected chi connectivity index (χ0v) is 10.1. The first-order chi connectivity index (χ1) is 6.44. The topological polar surface area (TPSA) is 42.2 Å². The van der Waals surface area contributed by atoms with Crippen LogP contribution in [0.2, 0.25) is 0 Å². The van der Waals surface area contributed by atoms with Gasteiger partial charge in [0.15, 0.2) is 10.4 Å². The van der Waals surface area contributed by atoms with Gasteiger partial charge in [-0.15, -0.1) is 0 Å². The van der Waals surface area contributed by atoms with E-state index >= 15 is 0 Å². The first-order valence-corrected chi connectivity index (χ1v) is 5.32. The Bertz CT molecular complexity index is 331. The predicted molar refractivity (Wildman–Crippen MR) is 58.2 cm³/mol. The number of amides is 1. The molecule has 0 fully saturated rings. The number of halogens is 1. The molecule has 0 aliphatic rings. The van der Waals surface area contributed by atoms with E-state index in [9.17, 15) is 4.79 Å². The van der Waals surface area contributed by atoms with Gasteiger partial charge in [0, 0.05) is 5.54 Å². The van der Waals surface area contributed by atoms with Crippen LogP contribution >= 0.6 is 15.9 Å². The van der Waals surface area contributed by atoms with E-state index in [-0.39, 0.29) is 11.4 Å². The second-order valence-electron chi connectivity index (χ2n) is 3.80. The summed E-state index contributed by atoms with van der Waals surface area (Å²) in [6.07, 6.45) is 0.876. The molecule has 0 saturated carbocycles. The number of rotatable bonds is 3. The van der Waals surface area contributed by atoms with Crippen LogP contribution in [0.15, 0.2) is 21.2 Å². The molecule has 0 aromatic carbocycles. The van der Waals surface area contributed by atoms with Crippen LogP contribution in [-0.2, 0) is 0 Å². The number of hydrogen-bond acceptors (Lipinski definition) is 2. The molecule has 0 unspecified atom stereocenters. The van der Waals surface area contributed by atoms with Gasteiger partial charge in [0.05, 0.1) is 0 Å². The summed E-state index contributed by atoms with van der Waals surface area (Å²) in [6.45, 7) is 5.98. The Labute approximate surface area is 92.0 Å². The van der Waals surface area contributed by atoms with Crippen LogP contribution in [0.5, 0.6) is 0 Å². The van der Waals surface area contributed by atoms with Gasteiger partial charge >= 0.3 is 0 Å². The summed E-state index contributed by atoms with van der Waals surface area (Å²) >= 11 is 3.15. The highest BCUT2D eigenvalue weighted by atomic mass is 79.9. The molecule has 1 amide bonds. The second kappa shape index (κ2) is 4.17. The minimum Gasteiger partial charge on any atom is -0.444 e. The molecular formula is C10H14BrNO2.